The van der Waals surface area contributed by atoms with Crippen LogP contribution in [0.15, 0.2) is 12.7 Å². The van der Waals surface area contributed by atoms with E-state index >= 15 is 0 Å². The van der Waals surface area contributed by atoms with Gasteiger partial charge in [-0.3, -0.25) is 9.09 Å². The third kappa shape index (κ3) is 3.05. The van der Waals surface area contributed by atoms with Gasteiger partial charge in [0.05, 0.1) is 12.9 Å². The third-order valence-corrected chi connectivity index (χ3v) is 3.89. The summed E-state index contributed by atoms with van der Waals surface area (Å²) in [5.74, 6) is 0.142. The summed E-state index contributed by atoms with van der Waals surface area (Å²) in [5.41, 5.74) is 6.25. The molecule has 0 bridgehead atoms. The van der Waals surface area contributed by atoms with E-state index in [0.29, 0.717) is 5.52 Å². The van der Waals surface area contributed by atoms with Crippen molar-refractivity contribution in [3.8, 4) is 0 Å². The maximum atomic E-state index is 10.7. The minimum atomic E-state index is -4.72. The summed E-state index contributed by atoms with van der Waals surface area (Å²) in [6.45, 7) is -0.594. The van der Waals surface area contributed by atoms with E-state index in [-0.39, 0.29) is 11.5 Å². The molecule has 6 N–H and O–H groups in total. The predicted molar refractivity (Wildman–Crippen MR) is 73.7 cm³/mol. The lowest BCUT2D eigenvalue weighted by molar-refractivity contribution is -0.0504. The van der Waals surface area contributed by atoms with Crippen LogP contribution >= 0.6 is 7.82 Å². The van der Waals surface area contributed by atoms with E-state index in [1.807, 2.05) is 0 Å². The number of phosphoric ester groups is 1. The Labute approximate surface area is 128 Å². The number of phosphoric acid groups is 1. The number of rotatable bonds is 4. The van der Waals surface area contributed by atoms with Gasteiger partial charge in [0.2, 0.25) is 0 Å². The summed E-state index contributed by atoms with van der Waals surface area (Å²) in [4.78, 5) is 29.2. The molecule has 1 saturated heterocycles. The first kappa shape index (κ1) is 16.2. The van der Waals surface area contributed by atoms with Gasteiger partial charge in [-0.05, 0) is 0 Å². The lowest BCUT2D eigenvalue weighted by Gasteiger charge is -2.16. The summed E-state index contributed by atoms with van der Waals surface area (Å²) in [6.07, 6.45) is -2.49. The molecule has 0 amide bonds. The number of aliphatic hydroxyl groups excluding tert-OH is 2. The Hall–Kier alpha value is -1.66. The van der Waals surface area contributed by atoms with Crippen molar-refractivity contribution < 1.29 is 33.8 Å². The van der Waals surface area contributed by atoms with Crippen LogP contribution in [0.4, 0.5) is 5.82 Å². The molecule has 0 aliphatic carbocycles. The molecule has 0 aromatic carbocycles. The lowest BCUT2D eigenvalue weighted by Crippen LogP contribution is -2.33. The van der Waals surface area contributed by atoms with Gasteiger partial charge in [-0.25, -0.2) is 19.5 Å². The monoisotopic (exact) mass is 347 g/mol. The molecule has 1 fully saturated rings. The fourth-order valence-electron chi connectivity index (χ4n) is 2.32. The molecule has 2 aromatic rings. The van der Waals surface area contributed by atoms with Crippen molar-refractivity contribution in [3.05, 3.63) is 12.7 Å². The van der Waals surface area contributed by atoms with Gasteiger partial charge in [-0.2, -0.15) is 0 Å². The molecule has 2 aromatic heterocycles. The fourth-order valence-corrected chi connectivity index (χ4v) is 2.66. The summed E-state index contributed by atoms with van der Waals surface area (Å²) in [6, 6.07) is 0. The van der Waals surface area contributed by atoms with Gasteiger partial charge in [-0.1, -0.05) is 0 Å². The van der Waals surface area contributed by atoms with E-state index in [0.717, 1.165) is 0 Å². The molecular formula is C10H14N5O7P. The summed E-state index contributed by atoms with van der Waals surface area (Å²) in [5, 5.41) is 20.1. The number of imidazole rings is 1. The van der Waals surface area contributed by atoms with Crippen molar-refractivity contribution >= 4 is 24.8 Å². The normalized spacial score (nSPS) is 28.5. The molecule has 1 aliphatic rings. The molecule has 126 valence electrons. The van der Waals surface area contributed by atoms with Crippen LogP contribution < -0.4 is 5.73 Å². The van der Waals surface area contributed by atoms with E-state index < -0.39 is 39.0 Å². The van der Waals surface area contributed by atoms with E-state index in [2.05, 4.69) is 19.5 Å². The Balaban J connectivity index is 1.85. The number of hydrogen-bond acceptors (Lipinski definition) is 9. The number of nitrogen functional groups attached to an aromatic ring is 1. The standard InChI is InChI=1S/C10H14N5O7P/c11-8-5-9(13-2-12-8)15(3-14-5)10-7(17)6(16)4(22-10)1-21-23(18,19)20/h2-4,6-7,10,16-17H,1H2,(H2,11,12,13)(H2,18,19,20)/t4-,6-,7+,10-/m0/s1. The predicted octanol–water partition coefficient (Wildman–Crippen LogP) is -1.86. The first-order valence-corrected chi connectivity index (χ1v) is 7.95. The van der Waals surface area contributed by atoms with Gasteiger partial charge in [0, 0.05) is 0 Å². The highest BCUT2D eigenvalue weighted by Crippen LogP contribution is 2.38. The number of anilines is 1. The molecule has 13 heteroatoms. The van der Waals surface area contributed by atoms with Crippen LogP contribution in [-0.2, 0) is 13.8 Å². The van der Waals surface area contributed by atoms with Crippen molar-refractivity contribution in [2.24, 2.45) is 0 Å². The quantitative estimate of drug-likeness (QED) is 0.390. The molecule has 0 saturated carbocycles. The highest BCUT2D eigenvalue weighted by Gasteiger charge is 2.45. The molecule has 1 aliphatic heterocycles. The topological polar surface area (TPSA) is 186 Å². The highest BCUT2D eigenvalue weighted by atomic mass is 31.2. The minimum absolute atomic E-state index is 0.142. The second kappa shape index (κ2) is 5.76. The molecule has 0 radical (unpaired) electrons. The van der Waals surface area contributed by atoms with Crippen LogP contribution in [0.3, 0.4) is 0 Å². The number of hydrogen-bond donors (Lipinski definition) is 5. The van der Waals surface area contributed by atoms with Crippen LogP contribution in [0.5, 0.6) is 0 Å². The lowest BCUT2D eigenvalue weighted by atomic mass is 10.1. The number of nitrogens with two attached hydrogens (primary N) is 1. The molecular weight excluding hydrogens is 333 g/mol. The summed E-state index contributed by atoms with van der Waals surface area (Å²) in [7, 11) is -4.72. The van der Waals surface area contributed by atoms with Crippen molar-refractivity contribution in [3.63, 3.8) is 0 Å². The zero-order valence-corrected chi connectivity index (χ0v) is 12.4. The van der Waals surface area contributed by atoms with Crippen LogP contribution in [0.2, 0.25) is 0 Å². The third-order valence-electron chi connectivity index (χ3n) is 3.41. The SMILES string of the molecule is Nc1ncnc2c1ncn2[C@H]1O[C@@H](COP(=O)(O)O)[C@H](O)[C@H]1O. The van der Waals surface area contributed by atoms with Gasteiger partial charge < -0.3 is 30.5 Å². The Kier molecular flexibility index (Phi) is 4.06. The van der Waals surface area contributed by atoms with Crippen molar-refractivity contribution in [1.82, 2.24) is 19.5 Å². The van der Waals surface area contributed by atoms with Crippen LogP contribution in [0.1, 0.15) is 6.23 Å². The number of nitrogens with zero attached hydrogens (tertiary/aromatic N) is 4. The van der Waals surface area contributed by atoms with Gasteiger partial charge in [0.1, 0.15) is 30.2 Å². The van der Waals surface area contributed by atoms with Crippen molar-refractivity contribution in [2.75, 3.05) is 12.3 Å². The molecule has 4 atom stereocenters. The van der Waals surface area contributed by atoms with Gasteiger partial charge in [0.15, 0.2) is 17.7 Å². The van der Waals surface area contributed by atoms with Crippen LogP contribution in [0, 0.1) is 0 Å². The zero-order valence-electron chi connectivity index (χ0n) is 11.5. The Morgan fingerprint density at radius 3 is 2.74 bits per heavy atom. The number of fused-ring (bicyclic) bond motifs is 1. The van der Waals surface area contributed by atoms with Crippen molar-refractivity contribution in [2.45, 2.75) is 24.5 Å². The minimum Gasteiger partial charge on any atom is -0.387 e. The molecule has 3 rings (SSSR count). The Morgan fingerprint density at radius 2 is 2.04 bits per heavy atom. The van der Waals surface area contributed by atoms with E-state index in [1.54, 1.807) is 0 Å². The number of aromatic nitrogens is 4. The van der Waals surface area contributed by atoms with E-state index in [1.165, 1.54) is 17.2 Å². The smallest absolute Gasteiger partial charge is 0.387 e. The van der Waals surface area contributed by atoms with Gasteiger partial charge in [0.25, 0.3) is 0 Å². The largest absolute Gasteiger partial charge is 0.469 e. The van der Waals surface area contributed by atoms with Crippen LogP contribution in [0.25, 0.3) is 11.2 Å². The molecule has 12 nitrogen and oxygen atoms in total. The maximum Gasteiger partial charge on any atom is 0.469 e. The molecule has 0 spiro atoms. The first-order valence-electron chi connectivity index (χ1n) is 6.42. The van der Waals surface area contributed by atoms with Crippen molar-refractivity contribution in [1.29, 1.82) is 0 Å². The van der Waals surface area contributed by atoms with E-state index in [4.69, 9.17) is 20.3 Å². The maximum absolute atomic E-state index is 10.7. The number of ether oxygens (including phenoxy) is 1. The average Bonchev–Trinajstić information content (AvgIpc) is 3.01. The zero-order chi connectivity index (χ0) is 16.8. The average molecular weight is 347 g/mol. The van der Waals surface area contributed by atoms with Gasteiger partial charge >= 0.3 is 7.82 Å². The molecule has 3 heterocycles. The molecule has 0 unspecified atom stereocenters. The van der Waals surface area contributed by atoms with Crippen LogP contribution in [-0.4, -0.2) is 64.4 Å². The summed E-state index contributed by atoms with van der Waals surface area (Å²) < 4.78 is 21.8. The molecule has 23 heavy (non-hydrogen) atoms. The second-order valence-corrected chi connectivity index (χ2v) is 6.15. The second-order valence-electron chi connectivity index (χ2n) is 4.92. The fraction of sp³-hybridized carbons (Fsp3) is 0.500. The first-order chi connectivity index (χ1) is 10.8. The highest BCUT2D eigenvalue weighted by molar-refractivity contribution is 7.46. The summed E-state index contributed by atoms with van der Waals surface area (Å²) >= 11 is 0. The Bertz CT molecular complexity index is 763. The number of aliphatic hydroxyl groups is 2. The van der Waals surface area contributed by atoms with E-state index in [9.17, 15) is 14.8 Å². The van der Waals surface area contributed by atoms with Gasteiger partial charge in [-0.15, -0.1) is 0 Å². The Morgan fingerprint density at radius 1 is 1.30 bits per heavy atom.